The highest BCUT2D eigenvalue weighted by atomic mass is 16.3. The Bertz CT molecular complexity index is 144. The van der Waals surface area contributed by atoms with E-state index < -0.39 is 0 Å². The summed E-state index contributed by atoms with van der Waals surface area (Å²) in [5.41, 5.74) is 0. The van der Waals surface area contributed by atoms with Crippen molar-refractivity contribution in [3.05, 3.63) is 0 Å². The molecule has 0 bridgehead atoms. The van der Waals surface area contributed by atoms with Gasteiger partial charge in [-0.25, -0.2) is 0 Å². The standard InChI is InChI=1S/C11H24N2O/c1-13(2)9-11(14)8-12-10-6-4-3-5-7-10/h10-12,14H,3-9H2,1-2H3. The van der Waals surface area contributed by atoms with Gasteiger partial charge in [0.05, 0.1) is 6.10 Å². The van der Waals surface area contributed by atoms with Crippen molar-refractivity contribution in [2.45, 2.75) is 44.2 Å². The normalized spacial score (nSPS) is 21.4. The van der Waals surface area contributed by atoms with Gasteiger partial charge in [0.2, 0.25) is 0 Å². The Morgan fingerprint density at radius 3 is 2.50 bits per heavy atom. The van der Waals surface area contributed by atoms with Crippen LogP contribution < -0.4 is 5.32 Å². The topological polar surface area (TPSA) is 35.5 Å². The van der Waals surface area contributed by atoms with Crippen molar-refractivity contribution in [1.29, 1.82) is 0 Å². The number of hydrogen-bond donors (Lipinski definition) is 2. The molecular weight excluding hydrogens is 176 g/mol. The zero-order valence-electron chi connectivity index (χ0n) is 9.50. The Hall–Kier alpha value is -0.120. The molecule has 1 fully saturated rings. The quantitative estimate of drug-likeness (QED) is 0.690. The molecule has 3 heteroatoms. The van der Waals surface area contributed by atoms with E-state index in [9.17, 15) is 5.11 Å². The number of likely N-dealkylation sites (N-methyl/N-ethyl adjacent to an activating group) is 1. The monoisotopic (exact) mass is 200 g/mol. The van der Waals surface area contributed by atoms with Crippen molar-refractivity contribution in [2.24, 2.45) is 0 Å². The minimum atomic E-state index is -0.230. The highest BCUT2D eigenvalue weighted by molar-refractivity contribution is 4.74. The molecule has 2 N–H and O–H groups in total. The molecule has 1 aliphatic carbocycles. The van der Waals surface area contributed by atoms with E-state index in [1.54, 1.807) is 0 Å². The molecular formula is C11H24N2O. The maximum Gasteiger partial charge on any atom is 0.0791 e. The minimum Gasteiger partial charge on any atom is -0.390 e. The predicted molar refractivity (Wildman–Crippen MR) is 59.4 cm³/mol. The first-order valence-corrected chi connectivity index (χ1v) is 5.74. The van der Waals surface area contributed by atoms with Crippen LogP contribution in [0.25, 0.3) is 0 Å². The van der Waals surface area contributed by atoms with Gasteiger partial charge in [-0.05, 0) is 26.9 Å². The lowest BCUT2D eigenvalue weighted by Gasteiger charge is -2.25. The molecule has 1 rings (SSSR count). The number of nitrogens with one attached hydrogen (secondary N) is 1. The van der Waals surface area contributed by atoms with Crippen LogP contribution in [0.5, 0.6) is 0 Å². The largest absolute Gasteiger partial charge is 0.390 e. The van der Waals surface area contributed by atoms with Crippen LogP contribution in [0.15, 0.2) is 0 Å². The Balaban J connectivity index is 2.06. The third-order valence-electron chi connectivity index (χ3n) is 2.82. The average Bonchev–Trinajstić information content (AvgIpc) is 2.15. The van der Waals surface area contributed by atoms with Crippen molar-refractivity contribution in [3.63, 3.8) is 0 Å². The lowest BCUT2D eigenvalue weighted by atomic mass is 9.95. The Morgan fingerprint density at radius 1 is 1.29 bits per heavy atom. The SMILES string of the molecule is CN(C)CC(O)CNC1CCCCC1. The fourth-order valence-electron chi connectivity index (χ4n) is 2.10. The number of aliphatic hydroxyl groups excluding tert-OH is 1. The van der Waals surface area contributed by atoms with Gasteiger partial charge in [-0.1, -0.05) is 19.3 Å². The summed E-state index contributed by atoms with van der Waals surface area (Å²) in [5.74, 6) is 0. The van der Waals surface area contributed by atoms with Crippen molar-refractivity contribution >= 4 is 0 Å². The first kappa shape index (κ1) is 12.0. The Kier molecular flexibility index (Phi) is 5.45. The highest BCUT2D eigenvalue weighted by Gasteiger charge is 2.14. The van der Waals surface area contributed by atoms with E-state index in [1.165, 1.54) is 32.1 Å². The Morgan fingerprint density at radius 2 is 1.93 bits per heavy atom. The molecule has 0 spiro atoms. The smallest absolute Gasteiger partial charge is 0.0791 e. The maximum atomic E-state index is 9.65. The second-order valence-corrected chi connectivity index (χ2v) is 4.66. The molecule has 0 aromatic rings. The van der Waals surface area contributed by atoms with E-state index in [-0.39, 0.29) is 6.10 Å². The van der Waals surface area contributed by atoms with Crippen LogP contribution in [0.3, 0.4) is 0 Å². The van der Waals surface area contributed by atoms with Gasteiger partial charge < -0.3 is 15.3 Å². The fourth-order valence-corrected chi connectivity index (χ4v) is 2.10. The van der Waals surface area contributed by atoms with Crippen molar-refractivity contribution in [3.8, 4) is 0 Å². The molecule has 1 saturated carbocycles. The number of rotatable bonds is 5. The van der Waals surface area contributed by atoms with Gasteiger partial charge in [-0.2, -0.15) is 0 Å². The lowest BCUT2D eigenvalue weighted by Crippen LogP contribution is -2.40. The lowest BCUT2D eigenvalue weighted by molar-refractivity contribution is 0.129. The molecule has 0 aromatic heterocycles. The second-order valence-electron chi connectivity index (χ2n) is 4.66. The summed E-state index contributed by atoms with van der Waals surface area (Å²) in [6.07, 6.45) is 6.43. The van der Waals surface area contributed by atoms with Crippen molar-refractivity contribution < 1.29 is 5.11 Å². The molecule has 0 amide bonds. The average molecular weight is 200 g/mol. The highest BCUT2D eigenvalue weighted by Crippen LogP contribution is 2.17. The number of nitrogens with zero attached hydrogens (tertiary/aromatic N) is 1. The van der Waals surface area contributed by atoms with E-state index in [0.717, 1.165) is 13.1 Å². The van der Waals surface area contributed by atoms with Crippen LogP contribution >= 0.6 is 0 Å². The summed E-state index contributed by atoms with van der Waals surface area (Å²) in [5, 5.41) is 13.1. The first-order valence-electron chi connectivity index (χ1n) is 5.74. The van der Waals surface area contributed by atoms with Crippen molar-refractivity contribution in [1.82, 2.24) is 10.2 Å². The molecule has 1 unspecified atom stereocenters. The van der Waals surface area contributed by atoms with E-state index in [4.69, 9.17) is 0 Å². The van der Waals surface area contributed by atoms with Crippen LogP contribution in [0.1, 0.15) is 32.1 Å². The molecule has 0 radical (unpaired) electrons. The third-order valence-corrected chi connectivity index (χ3v) is 2.82. The van der Waals surface area contributed by atoms with Crippen LogP contribution in [0.2, 0.25) is 0 Å². The molecule has 0 heterocycles. The van der Waals surface area contributed by atoms with Gasteiger partial charge >= 0.3 is 0 Å². The molecule has 84 valence electrons. The van der Waals surface area contributed by atoms with Gasteiger partial charge in [-0.15, -0.1) is 0 Å². The first-order chi connectivity index (χ1) is 6.68. The summed E-state index contributed by atoms with van der Waals surface area (Å²) in [6.45, 7) is 1.49. The van der Waals surface area contributed by atoms with E-state index in [2.05, 4.69) is 5.32 Å². The number of aliphatic hydroxyl groups is 1. The fraction of sp³-hybridized carbons (Fsp3) is 1.00. The summed E-state index contributed by atoms with van der Waals surface area (Å²) >= 11 is 0. The zero-order valence-corrected chi connectivity index (χ0v) is 9.50. The zero-order chi connectivity index (χ0) is 10.4. The Labute approximate surface area is 87.5 Å². The minimum absolute atomic E-state index is 0.230. The van der Waals surface area contributed by atoms with Crippen LogP contribution in [0, 0.1) is 0 Å². The third kappa shape index (κ3) is 4.94. The molecule has 0 saturated heterocycles. The van der Waals surface area contributed by atoms with Gasteiger partial charge in [0, 0.05) is 19.1 Å². The predicted octanol–water partition coefficient (Wildman–Crippen LogP) is 0.831. The summed E-state index contributed by atoms with van der Waals surface area (Å²) in [4.78, 5) is 2.02. The molecule has 14 heavy (non-hydrogen) atoms. The summed E-state index contributed by atoms with van der Waals surface area (Å²) in [6, 6.07) is 0.653. The van der Waals surface area contributed by atoms with E-state index >= 15 is 0 Å². The molecule has 3 nitrogen and oxygen atoms in total. The molecule has 0 aliphatic heterocycles. The summed E-state index contributed by atoms with van der Waals surface area (Å²) < 4.78 is 0. The van der Waals surface area contributed by atoms with Crippen LogP contribution in [0.4, 0.5) is 0 Å². The van der Waals surface area contributed by atoms with Gasteiger partial charge in [0.1, 0.15) is 0 Å². The van der Waals surface area contributed by atoms with E-state index in [0.29, 0.717) is 6.04 Å². The van der Waals surface area contributed by atoms with Gasteiger partial charge in [0.25, 0.3) is 0 Å². The van der Waals surface area contributed by atoms with Crippen LogP contribution in [-0.4, -0.2) is 49.3 Å². The van der Waals surface area contributed by atoms with Crippen molar-refractivity contribution in [2.75, 3.05) is 27.2 Å². The summed E-state index contributed by atoms with van der Waals surface area (Å²) in [7, 11) is 3.98. The molecule has 1 aliphatic rings. The second kappa shape index (κ2) is 6.38. The van der Waals surface area contributed by atoms with Gasteiger partial charge in [0.15, 0.2) is 0 Å². The van der Waals surface area contributed by atoms with Crippen LogP contribution in [-0.2, 0) is 0 Å². The number of hydrogen-bond acceptors (Lipinski definition) is 3. The molecule has 1 atom stereocenters. The van der Waals surface area contributed by atoms with E-state index in [1.807, 2.05) is 19.0 Å². The maximum absolute atomic E-state index is 9.65. The molecule has 0 aromatic carbocycles. The van der Waals surface area contributed by atoms with Gasteiger partial charge in [-0.3, -0.25) is 0 Å².